The van der Waals surface area contributed by atoms with Gasteiger partial charge in [0, 0.05) is 32.3 Å². The molecule has 3 rings (SSSR count). The first kappa shape index (κ1) is 19.3. The molecule has 0 atom stereocenters. The van der Waals surface area contributed by atoms with Gasteiger partial charge in [0.25, 0.3) is 11.5 Å². The highest BCUT2D eigenvalue weighted by molar-refractivity contribution is 5.92. The Morgan fingerprint density at radius 3 is 2.61 bits per heavy atom. The van der Waals surface area contributed by atoms with Gasteiger partial charge in [-0.05, 0) is 19.9 Å². The van der Waals surface area contributed by atoms with Crippen LogP contribution in [0.4, 0.5) is 0 Å². The predicted octanol–water partition coefficient (Wildman–Crippen LogP) is 1.10. The number of benzene rings is 1. The van der Waals surface area contributed by atoms with Crippen molar-refractivity contribution in [2.45, 2.75) is 20.4 Å². The summed E-state index contributed by atoms with van der Waals surface area (Å²) in [5, 5.41) is 3.97. The molecule has 0 bridgehead atoms. The first-order valence-electron chi connectivity index (χ1n) is 8.77. The minimum atomic E-state index is -0.563. The summed E-state index contributed by atoms with van der Waals surface area (Å²) in [6.45, 7) is 4.16. The predicted molar refractivity (Wildman–Crippen MR) is 102 cm³/mol. The van der Waals surface area contributed by atoms with Crippen LogP contribution in [0.15, 0.2) is 44.4 Å². The van der Waals surface area contributed by atoms with Gasteiger partial charge in [0.05, 0.1) is 0 Å². The lowest BCUT2D eigenvalue weighted by Gasteiger charge is -2.20. The van der Waals surface area contributed by atoms with E-state index in [9.17, 15) is 14.4 Å². The van der Waals surface area contributed by atoms with Crippen molar-refractivity contribution in [3.05, 3.63) is 68.3 Å². The largest absolute Gasteiger partial charge is 0.337 e. The number of hydrogen-bond acceptors (Lipinski definition) is 6. The Bertz CT molecular complexity index is 1140. The highest BCUT2D eigenvalue weighted by atomic mass is 16.5. The summed E-state index contributed by atoms with van der Waals surface area (Å²) in [6, 6.07) is 8.83. The van der Waals surface area contributed by atoms with Gasteiger partial charge in [-0.2, -0.15) is 4.98 Å². The average Bonchev–Trinajstić information content (AvgIpc) is 3.15. The van der Waals surface area contributed by atoms with Gasteiger partial charge in [0.15, 0.2) is 0 Å². The van der Waals surface area contributed by atoms with E-state index in [0.717, 1.165) is 26.3 Å². The van der Waals surface area contributed by atoms with Crippen LogP contribution < -0.4 is 11.2 Å². The van der Waals surface area contributed by atoms with Gasteiger partial charge in [0.1, 0.15) is 12.2 Å². The van der Waals surface area contributed by atoms with Crippen LogP contribution in [-0.4, -0.2) is 36.6 Å². The normalized spacial score (nSPS) is 10.9. The molecule has 9 nitrogen and oxygen atoms in total. The standard InChI is InChI=1S/C19H21N5O4/c1-5-24(18(26)14-10-16(25)23(4)19(27)22(14)3)11-15-20-17(21-28-15)13-8-6-7-12(2)9-13/h6-10H,5,11H2,1-4H3. The Morgan fingerprint density at radius 1 is 1.18 bits per heavy atom. The molecular weight excluding hydrogens is 362 g/mol. The fraction of sp³-hybridized carbons (Fsp3) is 0.316. The molecule has 1 aromatic carbocycles. The number of aryl methyl sites for hydroxylation is 1. The Morgan fingerprint density at radius 2 is 1.93 bits per heavy atom. The van der Waals surface area contributed by atoms with E-state index in [4.69, 9.17) is 4.52 Å². The lowest BCUT2D eigenvalue weighted by molar-refractivity contribution is 0.0722. The van der Waals surface area contributed by atoms with Crippen molar-refractivity contribution < 1.29 is 9.32 Å². The van der Waals surface area contributed by atoms with Gasteiger partial charge >= 0.3 is 5.69 Å². The highest BCUT2D eigenvalue weighted by Crippen LogP contribution is 2.18. The molecule has 9 heteroatoms. The van der Waals surface area contributed by atoms with E-state index in [1.165, 1.54) is 19.0 Å². The first-order chi connectivity index (χ1) is 13.3. The van der Waals surface area contributed by atoms with Gasteiger partial charge in [-0.15, -0.1) is 0 Å². The van der Waals surface area contributed by atoms with E-state index in [2.05, 4.69) is 10.1 Å². The number of hydrogen-bond donors (Lipinski definition) is 0. The van der Waals surface area contributed by atoms with Crippen molar-refractivity contribution in [1.29, 1.82) is 0 Å². The zero-order valence-electron chi connectivity index (χ0n) is 16.2. The summed E-state index contributed by atoms with van der Waals surface area (Å²) in [5.41, 5.74) is 0.793. The maximum Gasteiger partial charge on any atom is 0.331 e. The van der Waals surface area contributed by atoms with Crippen LogP contribution in [0.25, 0.3) is 11.4 Å². The molecule has 0 radical (unpaired) electrons. The number of rotatable bonds is 5. The van der Waals surface area contributed by atoms with E-state index in [1.807, 2.05) is 31.2 Å². The molecule has 0 fully saturated rings. The molecule has 28 heavy (non-hydrogen) atoms. The molecule has 146 valence electrons. The fourth-order valence-electron chi connectivity index (χ4n) is 2.81. The SMILES string of the molecule is CCN(Cc1nc(-c2cccc(C)c2)no1)C(=O)c1cc(=O)n(C)c(=O)n1C. The molecule has 0 aliphatic rings. The zero-order chi connectivity index (χ0) is 20.4. The van der Waals surface area contributed by atoms with Gasteiger partial charge in [-0.1, -0.05) is 28.9 Å². The molecule has 0 spiro atoms. The summed E-state index contributed by atoms with van der Waals surface area (Å²) in [5.74, 6) is 0.235. The van der Waals surface area contributed by atoms with Crippen molar-refractivity contribution in [3.8, 4) is 11.4 Å². The summed E-state index contributed by atoms with van der Waals surface area (Å²) >= 11 is 0. The van der Waals surface area contributed by atoms with Crippen LogP contribution in [-0.2, 0) is 20.6 Å². The number of nitrogens with zero attached hydrogens (tertiary/aromatic N) is 5. The van der Waals surface area contributed by atoms with E-state index in [-0.39, 0.29) is 18.1 Å². The summed E-state index contributed by atoms with van der Waals surface area (Å²) < 4.78 is 7.38. The molecule has 2 heterocycles. The van der Waals surface area contributed by atoms with Gasteiger partial charge in [-0.3, -0.25) is 18.7 Å². The van der Waals surface area contributed by atoms with Gasteiger partial charge in [-0.25, -0.2) is 4.79 Å². The second kappa shape index (κ2) is 7.63. The third kappa shape index (κ3) is 3.64. The molecule has 2 aromatic heterocycles. The maximum absolute atomic E-state index is 12.9. The van der Waals surface area contributed by atoms with Crippen molar-refractivity contribution in [2.24, 2.45) is 14.1 Å². The molecular formula is C19H21N5O4. The van der Waals surface area contributed by atoms with Crippen molar-refractivity contribution in [3.63, 3.8) is 0 Å². The topological polar surface area (TPSA) is 103 Å². The van der Waals surface area contributed by atoms with Crippen LogP contribution >= 0.6 is 0 Å². The molecule has 0 aliphatic heterocycles. The van der Waals surface area contributed by atoms with Crippen LogP contribution in [0.5, 0.6) is 0 Å². The van der Waals surface area contributed by atoms with Crippen LogP contribution in [0, 0.1) is 6.92 Å². The third-order valence-corrected chi connectivity index (χ3v) is 4.48. The maximum atomic E-state index is 12.9. The Kier molecular flexibility index (Phi) is 5.25. The van der Waals surface area contributed by atoms with Gasteiger partial charge in [0.2, 0.25) is 11.7 Å². The molecule has 0 unspecified atom stereocenters. The first-order valence-corrected chi connectivity index (χ1v) is 8.77. The molecule has 0 N–H and O–H groups in total. The van der Waals surface area contributed by atoms with E-state index in [0.29, 0.717) is 12.4 Å². The fourth-order valence-corrected chi connectivity index (χ4v) is 2.81. The monoisotopic (exact) mass is 383 g/mol. The van der Waals surface area contributed by atoms with E-state index < -0.39 is 17.2 Å². The lowest BCUT2D eigenvalue weighted by Crippen LogP contribution is -2.42. The third-order valence-electron chi connectivity index (χ3n) is 4.48. The molecule has 0 aliphatic carbocycles. The van der Waals surface area contributed by atoms with Gasteiger partial charge < -0.3 is 9.42 Å². The minimum Gasteiger partial charge on any atom is -0.337 e. The molecule has 3 aromatic rings. The van der Waals surface area contributed by atoms with Crippen LogP contribution in [0.2, 0.25) is 0 Å². The molecule has 0 saturated heterocycles. The Labute approximate surface area is 160 Å². The van der Waals surface area contributed by atoms with Crippen molar-refractivity contribution in [2.75, 3.05) is 6.54 Å². The number of amides is 1. The summed E-state index contributed by atoms with van der Waals surface area (Å²) in [4.78, 5) is 42.6. The quantitative estimate of drug-likeness (QED) is 0.654. The average molecular weight is 383 g/mol. The number of aromatic nitrogens is 4. The van der Waals surface area contributed by atoms with Crippen molar-refractivity contribution >= 4 is 5.91 Å². The number of carbonyl (C=O) groups excluding carboxylic acids is 1. The molecule has 1 amide bonds. The second-order valence-electron chi connectivity index (χ2n) is 6.47. The van der Waals surface area contributed by atoms with Crippen LogP contribution in [0.3, 0.4) is 0 Å². The minimum absolute atomic E-state index is 0.00775. The molecule has 0 saturated carbocycles. The summed E-state index contributed by atoms with van der Waals surface area (Å²) in [7, 11) is 2.81. The van der Waals surface area contributed by atoms with E-state index in [1.54, 1.807) is 6.92 Å². The smallest absolute Gasteiger partial charge is 0.331 e. The highest BCUT2D eigenvalue weighted by Gasteiger charge is 2.22. The Hall–Kier alpha value is -3.49. The van der Waals surface area contributed by atoms with Crippen LogP contribution in [0.1, 0.15) is 28.9 Å². The van der Waals surface area contributed by atoms with Crippen molar-refractivity contribution in [1.82, 2.24) is 24.2 Å². The zero-order valence-corrected chi connectivity index (χ0v) is 16.2. The number of carbonyl (C=O) groups is 1. The second-order valence-corrected chi connectivity index (χ2v) is 6.47. The Balaban J connectivity index is 1.87. The van der Waals surface area contributed by atoms with E-state index >= 15 is 0 Å². The summed E-state index contributed by atoms with van der Waals surface area (Å²) in [6.07, 6.45) is 0. The lowest BCUT2D eigenvalue weighted by atomic mass is 10.1.